The van der Waals surface area contributed by atoms with E-state index in [1.54, 1.807) is 18.5 Å². The lowest BCUT2D eigenvalue weighted by Gasteiger charge is -2.17. The van der Waals surface area contributed by atoms with E-state index >= 15 is 0 Å². The zero-order valence-electron chi connectivity index (χ0n) is 10.7. The molecule has 0 radical (unpaired) electrons. The molecular weight excluding hydrogens is 231 g/mol. The molecule has 0 aromatic heterocycles. The van der Waals surface area contributed by atoms with Gasteiger partial charge in [-0.25, -0.2) is 4.39 Å². The van der Waals surface area contributed by atoms with Gasteiger partial charge in [-0.2, -0.15) is 5.10 Å². The second-order valence-electron chi connectivity index (χ2n) is 3.57. The first-order valence-electron chi connectivity index (χ1n) is 5.91. The standard InChI is InChI=1S/C13H19FN4/c1-3-15-13(8-9-17-16-4-2)18-12-7-5-6-11(14)10-12/h4-10,13,15,17-18H,3H2,1-2H3/b9-8-,16-4-. The lowest BCUT2D eigenvalue weighted by atomic mass is 10.3. The highest BCUT2D eigenvalue weighted by Gasteiger charge is 2.02. The maximum Gasteiger partial charge on any atom is 0.125 e. The van der Waals surface area contributed by atoms with Gasteiger partial charge in [0.1, 0.15) is 5.82 Å². The molecule has 0 heterocycles. The predicted octanol–water partition coefficient (Wildman–Crippen LogP) is 2.28. The number of hydrazone groups is 1. The number of anilines is 1. The van der Waals surface area contributed by atoms with Crippen molar-refractivity contribution in [2.24, 2.45) is 5.10 Å². The fraction of sp³-hybridized carbons (Fsp3) is 0.308. The van der Waals surface area contributed by atoms with Crippen molar-refractivity contribution in [3.63, 3.8) is 0 Å². The molecule has 0 saturated heterocycles. The number of hydrogen-bond acceptors (Lipinski definition) is 4. The van der Waals surface area contributed by atoms with Crippen molar-refractivity contribution in [1.82, 2.24) is 10.7 Å². The quantitative estimate of drug-likeness (QED) is 0.395. The van der Waals surface area contributed by atoms with E-state index in [1.165, 1.54) is 12.1 Å². The maximum atomic E-state index is 13.0. The first-order chi connectivity index (χ1) is 8.76. The van der Waals surface area contributed by atoms with Crippen LogP contribution in [0.15, 0.2) is 41.6 Å². The number of halogens is 1. The topological polar surface area (TPSA) is 48.5 Å². The lowest BCUT2D eigenvalue weighted by Crippen LogP contribution is -2.34. The van der Waals surface area contributed by atoms with Crippen LogP contribution in [-0.4, -0.2) is 18.9 Å². The van der Waals surface area contributed by atoms with Crippen molar-refractivity contribution in [2.45, 2.75) is 20.0 Å². The molecule has 0 aliphatic rings. The van der Waals surface area contributed by atoms with Crippen molar-refractivity contribution in [3.8, 4) is 0 Å². The van der Waals surface area contributed by atoms with Crippen LogP contribution in [-0.2, 0) is 0 Å². The van der Waals surface area contributed by atoms with Gasteiger partial charge in [0, 0.05) is 18.1 Å². The van der Waals surface area contributed by atoms with Crippen molar-refractivity contribution < 1.29 is 4.39 Å². The molecule has 5 heteroatoms. The molecule has 0 aliphatic carbocycles. The fourth-order valence-electron chi connectivity index (χ4n) is 1.40. The Balaban J connectivity index is 2.59. The summed E-state index contributed by atoms with van der Waals surface area (Å²) in [5.41, 5.74) is 3.48. The van der Waals surface area contributed by atoms with Crippen LogP contribution in [0.3, 0.4) is 0 Å². The SMILES string of the molecule is C/C=N\N/C=C\C(NCC)Nc1cccc(F)c1. The van der Waals surface area contributed by atoms with Crippen LogP contribution in [0.25, 0.3) is 0 Å². The van der Waals surface area contributed by atoms with Gasteiger partial charge in [0.15, 0.2) is 0 Å². The summed E-state index contributed by atoms with van der Waals surface area (Å²) in [5, 5.41) is 10.2. The Morgan fingerprint density at radius 1 is 1.44 bits per heavy atom. The summed E-state index contributed by atoms with van der Waals surface area (Å²) in [6, 6.07) is 6.36. The van der Waals surface area contributed by atoms with Crippen LogP contribution in [0, 0.1) is 5.82 Å². The third-order valence-corrected chi connectivity index (χ3v) is 2.14. The van der Waals surface area contributed by atoms with Crippen LogP contribution in [0.2, 0.25) is 0 Å². The van der Waals surface area contributed by atoms with E-state index in [2.05, 4.69) is 21.2 Å². The van der Waals surface area contributed by atoms with E-state index in [0.717, 1.165) is 12.2 Å². The molecule has 0 amide bonds. The largest absolute Gasteiger partial charge is 0.366 e. The molecule has 1 unspecified atom stereocenters. The summed E-state index contributed by atoms with van der Waals surface area (Å²) in [5.74, 6) is -0.257. The minimum absolute atomic E-state index is 0.0867. The third kappa shape index (κ3) is 5.45. The minimum Gasteiger partial charge on any atom is -0.366 e. The van der Waals surface area contributed by atoms with Crippen LogP contribution < -0.4 is 16.1 Å². The monoisotopic (exact) mass is 250 g/mol. The molecule has 18 heavy (non-hydrogen) atoms. The zero-order chi connectivity index (χ0) is 13.2. The van der Waals surface area contributed by atoms with Gasteiger partial charge in [-0.05, 0) is 37.7 Å². The van der Waals surface area contributed by atoms with E-state index < -0.39 is 0 Å². The third-order valence-electron chi connectivity index (χ3n) is 2.14. The molecule has 3 N–H and O–H groups in total. The van der Waals surface area contributed by atoms with Crippen molar-refractivity contribution in [2.75, 3.05) is 11.9 Å². The molecule has 1 rings (SSSR count). The smallest absolute Gasteiger partial charge is 0.125 e. The van der Waals surface area contributed by atoms with Gasteiger partial charge >= 0.3 is 0 Å². The van der Waals surface area contributed by atoms with Crippen LogP contribution in [0.1, 0.15) is 13.8 Å². The summed E-state index contributed by atoms with van der Waals surface area (Å²) in [4.78, 5) is 0. The van der Waals surface area contributed by atoms with Crippen LogP contribution >= 0.6 is 0 Å². The summed E-state index contributed by atoms with van der Waals surface area (Å²) in [6.45, 7) is 4.63. The second-order valence-corrected chi connectivity index (χ2v) is 3.57. The number of nitrogens with zero attached hydrogens (tertiary/aromatic N) is 1. The predicted molar refractivity (Wildman–Crippen MR) is 73.9 cm³/mol. The van der Waals surface area contributed by atoms with Crippen LogP contribution in [0.5, 0.6) is 0 Å². The lowest BCUT2D eigenvalue weighted by molar-refractivity contribution is 0.626. The molecule has 4 nitrogen and oxygen atoms in total. The number of nitrogens with one attached hydrogen (secondary N) is 3. The number of likely N-dealkylation sites (N-methyl/N-ethyl adjacent to an activating group) is 1. The highest BCUT2D eigenvalue weighted by molar-refractivity contribution is 5.52. The normalized spacial score (nSPS) is 13.1. The van der Waals surface area contributed by atoms with Gasteiger partial charge in [0.2, 0.25) is 0 Å². The average molecular weight is 250 g/mol. The van der Waals surface area contributed by atoms with Gasteiger partial charge in [-0.3, -0.25) is 10.7 Å². The Hall–Kier alpha value is -1.88. The number of benzene rings is 1. The van der Waals surface area contributed by atoms with Crippen LogP contribution in [0.4, 0.5) is 10.1 Å². The van der Waals surface area contributed by atoms with Gasteiger partial charge < -0.3 is 5.32 Å². The molecule has 98 valence electrons. The Kier molecular flexibility index (Phi) is 6.50. The van der Waals surface area contributed by atoms with Gasteiger partial charge in [0.25, 0.3) is 0 Å². The average Bonchev–Trinajstić information content (AvgIpc) is 2.35. The molecular formula is C13H19FN4. The highest BCUT2D eigenvalue weighted by atomic mass is 19.1. The van der Waals surface area contributed by atoms with E-state index in [4.69, 9.17) is 0 Å². The fourth-order valence-corrected chi connectivity index (χ4v) is 1.40. The molecule has 0 fully saturated rings. The Morgan fingerprint density at radius 3 is 2.94 bits per heavy atom. The Bertz CT molecular complexity index is 404. The molecule has 0 aliphatic heterocycles. The zero-order valence-corrected chi connectivity index (χ0v) is 10.7. The van der Waals surface area contributed by atoms with E-state index in [9.17, 15) is 4.39 Å². The van der Waals surface area contributed by atoms with Crippen molar-refractivity contribution in [3.05, 3.63) is 42.4 Å². The second kappa shape index (κ2) is 8.25. The van der Waals surface area contributed by atoms with E-state index in [1.807, 2.05) is 26.0 Å². The summed E-state index contributed by atoms with van der Waals surface area (Å²) < 4.78 is 13.0. The highest BCUT2D eigenvalue weighted by Crippen LogP contribution is 2.10. The molecule has 1 aromatic carbocycles. The first kappa shape index (κ1) is 14.2. The summed E-state index contributed by atoms with van der Waals surface area (Å²) >= 11 is 0. The molecule has 1 aromatic rings. The van der Waals surface area contributed by atoms with Gasteiger partial charge in [-0.1, -0.05) is 13.0 Å². The summed E-state index contributed by atoms with van der Waals surface area (Å²) in [6.07, 6.45) is 5.17. The minimum atomic E-state index is -0.257. The van der Waals surface area contributed by atoms with E-state index in [-0.39, 0.29) is 12.0 Å². The van der Waals surface area contributed by atoms with Crippen molar-refractivity contribution >= 4 is 11.9 Å². The first-order valence-corrected chi connectivity index (χ1v) is 5.91. The van der Waals surface area contributed by atoms with Gasteiger partial charge in [0.05, 0.1) is 6.17 Å². The van der Waals surface area contributed by atoms with Gasteiger partial charge in [-0.15, -0.1) is 0 Å². The maximum absolute atomic E-state index is 13.0. The number of hydrogen-bond donors (Lipinski definition) is 3. The summed E-state index contributed by atoms with van der Waals surface area (Å²) in [7, 11) is 0. The molecule has 0 bridgehead atoms. The molecule has 0 spiro atoms. The van der Waals surface area contributed by atoms with Crippen molar-refractivity contribution in [1.29, 1.82) is 0 Å². The molecule has 1 atom stereocenters. The number of rotatable bonds is 7. The Morgan fingerprint density at radius 2 is 2.28 bits per heavy atom. The molecule has 0 saturated carbocycles. The van der Waals surface area contributed by atoms with E-state index in [0.29, 0.717) is 0 Å². The Labute approximate surface area is 107 Å².